The van der Waals surface area contributed by atoms with Gasteiger partial charge in [0.15, 0.2) is 5.82 Å². The van der Waals surface area contributed by atoms with E-state index in [2.05, 4.69) is 25.5 Å². The summed E-state index contributed by atoms with van der Waals surface area (Å²) >= 11 is 7.71. The second kappa shape index (κ2) is 12.6. The van der Waals surface area contributed by atoms with Crippen molar-refractivity contribution in [1.82, 2.24) is 25.5 Å². The standard InChI is InChI=1S/C36H35ClF3N7O3S/c37-23-11-21-30(28(40)27(23)20-5-6-24(39)32-26(20)22(12-41)33(42)51-32)45-36(49-14-16-7-8-47-13-17(38)9-25(16)47)46-35(21)50-19-4-3-18(10-19)43-34(48)31-29(44-31)15-1-2-15/h5-6,11,15-19,25,29,31,44H,1-4,7-10,13-14,42H2,(H,43,48)/t16?,17-,18+,19-,25?,29+,31-/m1/s1. The van der Waals surface area contributed by atoms with Gasteiger partial charge in [-0.3, -0.25) is 15.0 Å². The Morgan fingerprint density at radius 2 is 2.04 bits per heavy atom. The predicted molar refractivity (Wildman–Crippen MR) is 187 cm³/mol. The van der Waals surface area contributed by atoms with E-state index in [0.29, 0.717) is 38.1 Å². The molecule has 266 valence electrons. The molecule has 2 aromatic heterocycles. The second-order valence-corrected chi connectivity index (χ2v) is 16.0. The zero-order valence-electron chi connectivity index (χ0n) is 27.4. The quantitative estimate of drug-likeness (QED) is 0.179. The van der Waals surface area contributed by atoms with Crippen molar-refractivity contribution in [3.63, 3.8) is 0 Å². The van der Waals surface area contributed by atoms with Crippen LogP contribution in [-0.4, -0.2) is 76.9 Å². The van der Waals surface area contributed by atoms with Crippen LogP contribution in [-0.2, 0) is 4.79 Å². The molecule has 7 atom stereocenters. The van der Waals surface area contributed by atoms with E-state index in [1.54, 1.807) is 0 Å². The average molecular weight is 738 g/mol. The number of nitrogens with one attached hydrogen (secondary N) is 2. The Morgan fingerprint density at radius 3 is 2.84 bits per heavy atom. The van der Waals surface area contributed by atoms with E-state index in [4.69, 9.17) is 26.8 Å². The maximum atomic E-state index is 16.9. The van der Waals surface area contributed by atoms with Gasteiger partial charge in [-0.25, -0.2) is 13.2 Å². The molecule has 5 fully saturated rings. The number of nitrogens with two attached hydrogens (primary N) is 1. The lowest BCUT2D eigenvalue weighted by atomic mass is 9.97. The number of hydrogen-bond donors (Lipinski definition) is 3. The van der Waals surface area contributed by atoms with E-state index in [-0.39, 0.29) is 108 Å². The van der Waals surface area contributed by atoms with Gasteiger partial charge in [0.2, 0.25) is 11.8 Å². The highest BCUT2D eigenvalue weighted by Crippen LogP contribution is 2.46. The first-order valence-corrected chi connectivity index (χ1v) is 18.7. The molecule has 9 rings (SSSR count). The number of alkyl halides is 1. The van der Waals surface area contributed by atoms with Crippen LogP contribution in [0.25, 0.3) is 32.1 Å². The first-order chi connectivity index (χ1) is 24.7. The second-order valence-electron chi connectivity index (χ2n) is 14.5. The maximum absolute atomic E-state index is 16.9. The van der Waals surface area contributed by atoms with E-state index < -0.39 is 17.8 Å². The SMILES string of the molecule is N#Cc1c(N)sc2c(F)ccc(-c3c(Cl)cc4c(O[C@@H]5CC[C@H](NC(=O)[C@@H]6N[C@H]6C6CC6)C5)nc(OCC5CCN6C[C@H](F)CC56)nc4c3F)c12. The summed E-state index contributed by atoms with van der Waals surface area (Å²) < 4.78 is 58.6. The van der Waals surface area contributed by atoms with E-state index in [9.17, 15) is 18.8 Å². The van der Waals surface area contributed by atoms with Crippen molar-refractivity contribution in [2.24, 2.45) is 11.8 Å². The molecule has 51 heavy (non-hydrogen) atoms. The Labute approximate surface area is 300 Å². The van der Waals surface area contributed by atoms with Crippen LogP contribution in [0.4, 0.5) is 18.2 Å². The smallest absolute Gasteiger partial charge is 0.320 e. The first kappa shape index (κ1) is 33.0. The van der Waals surface area contributed by atoms with E-state index in [1.165, 1.54) is 31.0 Å². The molecule has 0 spiro atoms. The summed E-state index contributed by atoms with van der Waals surface area (Å²) in [7, 11) is 0. The van der Waals surface area contributed by atoms with Crippen LogP contribution in [0.3, 0.4) is 0 Å². The summed E-state index contributed by atoms with van der Waals surface area (Å²) in [6, 6.07) is 6.11. The lowest BCUT2D eigenvalue weighted by Crippen LogP contribution is -2.38. The normalized spacial score (nSPS) is 28.6. The summed E-state index contributed by atoms with van der Waals surface area (Å²) in [5, 5.41) is 16.8. The maximum Gasteiger partial charge on any atom is 0.320 e. The number of nitriles is 1. The third kappa shape index (κ3) is 5.92. The fraction of sp³-hybridized carbons (Fsp3) is 0.500. The molecule has 2 saturated carbocycles. The first-order valence-electron chi connectivity index (χ1n) is 17.5. The summed E-state index contributed by atoms with van der Waals surface area (Å²) in [5.41, 5.74) is 6.09. The molecule has 1 amide bonds. The van der Waals surface area contributed by atoms with Crippen molar-refractivity contribution in [3.05, 3.63) is 40.4 Å². The van der Waals surface area contributed by atoms with Gasteiger partial charge >= 0.3 is 6.01 Å². The van der Waals surface area contributed by atoms with Crippen molar-refractivity contribution in [2.75, 3.05) is 25.4 Å². The minimum absolute atomic E-state index is 0.00996. The number of carbonyl (C=O) groups excluding carboxylic acids is 1. The number of carbonyl (C=O) groups is 1. The lowest BCUT2D eigenvalue weighted by Gasteiger charge is -2.20. The molecule has 0 radical (unpaired) electrons. The number of aromatic nitrogens is 2. The zero-order chi connectivity index (χ0) is 35.1. The van der Waals surface area contributed by atoms with E-state index in [0.717, 1.165) is 24.3 Å². The van der Waals surface area contributed by atoms with Crippen LogP contribution in [0.2, 0.25) is 5.02 Å². The summed E-state index contributed by atoms with van der Waals surface area (Å²) in [5.74, 6) is -0.661. The summed E-state index contributed by atoms with van der Waals surface area (Å²) in [4.78, 5) is 24.1. The van der Waals surface area contributed by atoms with Crippen LogP contribution >= 0.6 is 22.9 Å². The minimum Gasteiger partial charge on any atom is -0.474 e. The number of anilines is 1. The van der Waals surface area contributed by atoms with Crippen molar-refractivity contribution < 1.29 is 27.4 Å². The van der Waals surface area contributed by atoms with Crippen LogP contribution in [0.1, 0.15) is 50.5 Å². The van der Waals surface area contributed by atoms with Crippen molar-refractivity contribution in [2.45, 2.75) is 81.4 Å². The van der Waals surface area contributed by atoms with Gasteiger partial charge in [-0.1, -0.05) is 17.7 Å². The van der Waals surface area contributed by atoms with Gasteiger partial charge in [-0.15, -0.1) is 11.3 Å². The molecule has 3 aliphatic heterocycles. The third-order valence-electron chi connectivity index (χ3n) is 11.2. The Bertz CT molecular complexity index is 2130. The number of amides is 1. The molecule has 5 aliphatic rings. The van der Waals surface area contributed by atoms with Crippen molar-refractivity contribution >= 4 is 54.8 Å². The van der Waals surface area contributed by atoms with Crippen LogP contribution in [0.5, 0.6) is 11.9 Å². The van der Waals surface area contributed by atoms with Gasteiger partial charge < -0.3 is 20.5 Å². The average Bonchev–Trinajstić information content (AvgIpc) is 3.94. The minimum atomic E-state index is -0.870. The number of fused-ring (bicyclic) bond motifs is 3. The van der Waals surface area contributed by atoms with Gasteiger partial charge in [-0.05, 0) is 68.7 Å². The molecule has 4 N–H and O–H groups in total. The monoisotopic (exact) mass is 737 g/mol. The fourth-order valence-corrected chi connectivity index (χ4v) is 9.71. The molecular weight excluding hydrogens is 703 g/mol. The number of benzene rings is 2. The zero-order valence-corrected chi connectivity index (χ0v) is 29.0. The molecule has 0 bridgehead atoms. The third-order valence-corrected chi connectivity index (χ3v) is 12.6. The number of nitrogens with zero attached hydrogens (tertiary/aromatic N) is 4. The Morgan fingerprint density at radius 1 is 1.20 bits per heavy atom. The molecule has 4 aromatic rings. The molecule has 2 unspecified atom stereocenters. The molecule has 3 saturated heterocycles. The van der Waals surface area contributed by atoms with Gasteiger partial charge in [-0.2, -0.15) is 15.2 Å². The molecular formula is C36H35ClF3N7O3S. The molecule has 2 aromatic carbocycles. The molecule has 10 nitrogen and oxygen atoms in total. The summed E-state index contributed by atoms with van der Waals surface area (Å²) in [6.45, 7) is 1.42. The van der Waals surface area contributed by atoms with Gasteiger partial charge in [0.25, 0.3) is 0 Å². The largest absolute Gasteiger partial charge is 0.474 e. The number of rotatable bonds is 9. The summed E-state index contributed by atoms with van der Waals surface area (Å²) in [6.07, 6.45) is 4.30. The Kier molecular flexibility index (Phi) is 8.18. The van der Waals surface area contributed by atoms with Crippen molar-refractivity contribution in [3.8, 4) is 29.1 Å². The number of nitrogen functional groups attached to an aromatic ring is 1. The lowest BCUT2D eigenvalue weighted by molar-refractivity contribution is -0.121. The van der Waals surface area contributed by atoms with E-state index in [1.807, 2.05) is 6.07 Å². The molecule has 5 heterocycles. The predicted octanol–water partition coefficient (Wildman–Crippen LogP) is 5.87. The van der Waals surface area contributed by atoms with E-state index >= 15 is 4.39 Å². The van der Waals surface area contributed by atoms with Crippen molar-refractivity contribution in [1.29, 1.82) is 5.26 Å². The highest BCUT2D eigenvalue weighted by atomic mass is 35.5. The Balaban J connectivity index is 1.05. The van der Waals surface area contributed by atoms with Gasteiger partial charge in [0.1, 0.15) is 40.7 Å². The topological polar surface area (TPSA) is 148 Å². The number of thiophene rings is 1. The highest BCUT2D eigenvalue weighted by Gasteiger charge is 2.51. The molecule has 2 aliphatic carbocycles. The van der Waals surface area contributed by atoms with Crippen LogP contribution in [0.15, 0.2) is 18.2 Å². The number of hydrogen-bond acceptors (Lipinski definition) is 10. The number of ether oxygens (including phenoxy) is 2. The van der Waals surface area contributed by atoms with Gasteiger partial charge in [0.05, 0.1) is 27.3 Å². The fourth-order valence-electron chi connectivity index (χ4n) is 8.46. The van der Waals surface area contributed by atoms with Crippen LogP contribution in [0, 0.1) is 34.8 Å². The molecule has 15 heteroatoms. The van der Waals surface area contributed by atoms with Gasteiger partial charge in [0, 0.05) is 48.0 Å². The number of halogens is 4. The highest BCUT2D eigenvalue weighted by molar-refractivity contribution is 7.23. The van der Waals surface area contributed by atoms with Crippen LogP contribution < -0.4 is 25.8 Å². The Hall–Kier alpha value is -3.90.